The number of carbonyl (C=O) groups is 1. The fraction of sp³-hybridized carbons (Fsp3) is 0.909. The van der Waals surface area contributed by atoms with E-state index in [0.29, 0.717) is 19.6 Å². The number of nitrogens with two attached hydrogens (primary N) is 1. The Balaban J connectivity index is 2.48. The van der Waals surface area contributed by atoms with Gasteiger partial charge in [0.2, 0.25) is 0 Å². The smallest absolute Gasteiger partial charge is 0.410 e. The summed E-state index contributed by atoms with van der Waals surface area (Å²) < 4.78 is 5.24. The molecule has 0 spiro atoms. The van der Waals surface area contributed by atoms with Crippen molar-refractivity contribution in [2.75, 3.05) is 19.6 Å². The summed E-state index contributed by atoms with van der Waals surface area (Å²) in [7, 11) is 0. The highest BCUT2D eigenvalue weighted by atomic mass is 16.6. The zero-order valence-corrected chi connectivity index (χ0v) is 10.3. The fourth-order valence-corrected chi connectivity index (χ4v) is 1.75. The first-order chi connectivity index (χ1) is 7.33. The van der Waals surface area contributed by atoms with Crippen molar-refractivity contribution in [3.63, 3.8) is 0 Å². The zero-order valence-electron chi connectivity index (χ0n) is 10.3. The molecule has 0 radical (unpaired) electrons. The highest BCUT2D eigenvalue weighted by molar-refractivity contribution is 5.68. The molecule has 0 aromatic carbocycles. The molecular formula is C11H22N2O3. The van der Waals surface area contributed by atoms with Gasteiger partial charge < -0.3 is 20.5 Å². The molecular weight excluding hydrogens is 208 g/mol. The molecule has 3 N–H and O–H groups in total. The summed E-state index contributed by atoms with van der Waals surface area (Å²) in [6, 6.07) is 0. The molecule has 2 atom stereocenters. The maximum atomic E-state index is 11.7. The number of ether oxygens (including phenoxy) is 1. The molecule has 0 aromatic rings. The monoisotopic (exact) mass is 230 g/mol. The Hall–Kier alpha value is -0.810. The van der Waals surface area contributed by atoms with Gasteiger partial charge in [0.15, 0.2) is 0 Å². The Bertz CT molecular complexity index is 250. The molecule has 94 valence electrons. The van der Waals surface area contributed by atoms with E-state index in [9.17, 15) is 9.90 Å². The quantitative estimate of drug-likeness (QED) is 0.690. The third-order valence-electron chi connectivity index (χ3n) is 2.68. The molecule has 1 fully saturated rings. The number of aliphatic hydroxyl groups is 1. The van der Waals surface area contributed by atoms with Gasteiger partial charge in [0.05, 0.1) is 12.6 Å². The summed E-state index contributed by atoms with van der Waals surface area (Å²) in [4.78, 5) is 13.3. The minimum absolute atomic E-state index is 0.0960. The third-order valence-corrected chi connectivity index (χ3v) is 2.68. The summed E-state index contributed by atoms with van der Waals surface area (Å²) in [5.74, 6) is 0.0960. The maximum Gasteiger partial charge on any atom is 0.410 e. The lowest BCUT2D eigenvalue weighted by atomic mass is 9.94. The maximum absolute atomic E-state index is 11.7. The van der Waals surface area contributed by atoms with E-state index in [2.05, 4.69) is 0 Å². The van der Waals surface area contributed by atoms with Crippen LogP contribution in [0.15, 0.2) is 0 Å². The van der Waals surface area contributed by atoms with Crippen LogP contribution in [0.4, 0.5) is 4.79 Å². The third kappa shape index (κ3) is 3.64. The topological polar surface area (TPSA) is 75.8 Å². The van der Waals surface area contributed by atoms with Crippen LogP contribution < -0.4 is 5.73 Å². The molecule has 16 heavy (non-hydrogen) atoms. The highest BCUT2D eigenvalue weighted by Gasteiger charge is 2.31. The molecule has 0 aliphatic carbocycles. The first-order valence-electron chi connectivity index (χ1n) is 5.69. The zero-order chi connectivity index (χ0) is 12.3. The number of aliphatic hydroxyl groups excluding tert-OH is 1. The highest BCUT2D eigenvalue weighted by Crippen LogP contribution is 2.19. The summed E-state index contributed by atoms with van der Waals surface area (Å²) in [5, 5.41) is 9.76. The van der Waals surface area contributed by atoms with Crippen LogP contribution in [0, 0.1) is 5.92 Å². The van der Waals surface area contributed by atoms with E-state index in [1.165, 1.54) is 0 Å². The van der Waals surface area contributed by atoms with E-state index in [1.54, 1.807) is 4.90 Å². The number of hydrogen-bond acceptors (Lipinski definition) is 4. The number of nitrogens with zero attached hydrogens (tertiary/aromatic N) is 1. The van der Waals surface area contributed by atoms with Crippen molar-refractivity contribution in [2.24, 2.45) is 11.7 Å². The SMILES string of the molecule is CC(C)(C)OC(=O)N1CC[C@H](CN)[C@H](O)C1. The predicted octanol–water partition coefficient (Wildman–Crippen LogP) is 0.563. The Morgan fingerprint density at radius 3 is 2.62 bits per heavy atom. The van der Waals surface area contributed by atoms with Crippen LogP contribution in [0.1, 0.15) is 27.2 Å². The van der Waals surface area contributed by atoms with Crippen LogP contribution in [0.25, 0.3) is 0 Å². The Labute approximate surface area is 96.6 Å². The number of hydrogen-bond donors (Lipinski definition) is 2. The van der Waals surface area contributed by atoms with Crippen molar-refractivity contribution in [1.29, 1.82) is 0 Å². The second-order valence-electron chi connectivity index (χ2n) is 5.28. The molecule has 1 amide bonds. The summed E-state index contributed by atoms with van der Waals surface area (Å²) in [6.45, 7) is 6.86. The molecule has 1 aliphatic rings. The summed E-state index contributed by atoms with van der Waals surface area (Å²) >= 11 is 0. The van der Waals surface area contributed by atoms with E-state index >= 15 is 0 Å². The minimum Gasteiger partial charge on any atom is -0.444 e. The standard InChI is InChI=1S/C11H22N2O3/c1-11(2,3)16-10(15)13-5-4-8(6-12)9(14)7-13/h8-9,14H,4-7,12H2,1-3H3/t8-,9-/m1/s1. The van der Waals surface area contributed by atoms with Gasteiger partial charge >= 0.3 is 6.09 Å². The Kier molecular flexibility index (Phi) is 4.15. The van der Waals surface area contributed by atoms with Gasteiger partial charge in [0.1, 0.15) is 5.60 Å². The lowest BCUT2D eigenvalue weighted by Crippen LogP contribution is -2.49. The second-order valence-corrected chi connectivity index (χ2v) is 5.28. The van der Waals surface area contributed by atoms with E-state index in [0.717, 1.165) is 6.42 Å². The average Bonchev–Trinajstić information content (AvgIpc) is 2.15. The lowest BCUT2D eigenvalue weighted by Gasteiger charge is -2.36. The largest absolute Gasteiger partial charge is 0.444 e. The van der Waals surface area contributed by atoms with Crippen LogP contribution in [-0.2, 0) is 4.74 Å². The second kappa shape index (κ2) is 5.01. The van der Waals surface area contributed by atoms with Gasteiger partial charge in [-0.3, -0.25) is 0 Å². The average molecular weight is 230 g/mol. The van der Waals surface area contributed by atoms with Crippen LogP contribution in [-0.4, -0.2) is 47.4 Å². The van der Waals surface area contributed by atoms with Crippen molar-refractivity contribution in [1.82, 2.24) is 4.90 Å². The van der Waals surface area contributed by atoms with Gasteiger partial charge in [0, 0.05) is 12.5 Å². The van der Waals surface area contributed by atoms with Gasteiger partial charge in [-0.2, -0.15) is 0 Å². The van der Waals surface area contributed by atoms with E-state index < -0.39 is 11.7 Å². The summed E-state index contributed by atoms with van der Waals surface area (Å²) in [6.07, 6.45) is -0.162. The Morgan fingerprint density at radius 1 is 1.56 bits per heavy atom. The fourth-order valence-electron chi connectivity index (χ4n) is 1.75. The number of amides is 1. The molecule has 0 unspecified atom stereocenters. The van der Waals surface area contributed by atoms with Crippen LogP contribution >= 0.6 is 0 Å². The van der Waals surface area contributed by atoms with Crippen molar-refractivity contribution in [3.05, 3.63) is 0 Å². The van der Waals surface area contributed by atoms with E-state index in [4.69, 9.17) is 10.5 Å². The first-order valence-corrected chi connectivity index (χ1v) is 5.69. The van der Waals surface area contributed by atoms with Crippen molar-refractivity contribution in [3.8, 4) is 0 Å². The molecule has 1 aliphatic heterocycles. The normalized spacial score (nSPS) is 26.7. The van der Waals surface area contributed by atoms with Crippen molar-refractivity contribution < 1.29 is 14.6 Å². The molecule has 1 saturated heterocycles. The van der Waals surface area contributed by atoms with Gasteiger partial charge in [0.25, 0.3) is 0 Å². The van der Waals surface area contributed by atoms with E-state index in [1.807, 2.05) is 20.8 Å². The van der Waals surface area contributed by atoms with Gasteiger partial charge in [-0.15, -0.1) is 0 Å². The summed E-state index contributed by atoms with van der Waals surface area (Å²) in [5.41, 5.74) is 5.03. The molecule has 5 heteroatoms. The van der Waals surface area contributed by atoms with Crippen LogP contribution in [0.2, 0.25) is 0 Å². The number of piperidine rings is 1. The predicted molar refractivity (Wildman–Crippen MR) is 61.0 cm³/mol. The molecule has 0 saturated carbocycles. The first kappa shape index (κ1) is 13.3. The lowest BCUT2D eigenvalue weighted by molar-refractivity contribution is -0.0110. The molecule has 0 aromatic heterocycles. The number of likely N-dealkylation sites (tertiary alicyclic amines) is 1. The van der Waals surface area contributed by atoms with Crippen molar-refractivity contribution in [2.45, 2.75) is 38.9 Å². The van der Waals surface area contributed by atoms with Crippen LogP contribution in [0.3, 0.4) is 0 Å². The molecule has 1 heterocycles. The van der Waals surface area contributed by atoms with Gasteiger partial charge in [-0.1, -0.05) is 0 Å². The molecule has 5 nitrogen and oxygen atoms in total. The minimum atomic E-state index is -0.536. The molecule has 0 bridgehead atoms. The van der Waals surface area contributed by atoms with Crippen molar-refractivity contribution >= 4 is 6.09 Å². The number of rotatable bonds is 1. The van der Waals surface area contributed by atoms with Gasteiger partial charge in [-0.05, 0) is 33.7 Å². The number of β-amino-alcohol motifs (C(OH)–C–C–N with tert-alkyl or cyclic N) is 1. The van der Waals surface area contributed by atoms with E-state index in [-0.39, 0.29) is 12.0 Å². The molecule has 1 rings (SSSR count). The van der Waals surface area contributed by atoms with Crippen LogP contribution in [0.5, 0.6) is 0 Å². The Morgan fingerprint density at radius 2 is 2.19 bits per heavy atom. The van der Waals surface area contributed by atoms with Gasteiger partial charge in [-0.25, -0.2) is 4.79 Å². The number of carbonyl (C=O) groups excluding carboxylic acids is 1.